The summed E-state index contributed by atoms with van der Waals surface area (Å²) in [6.45, 7) is 16.0. The first-order valence-corrected chi connectivity index (χ1v) is 8.97. The molecule has 1 heterocycles. The van der Waals surface area contributed by atoms with Crippen LogP contribution in [0.2, 0.25) is 0 Å². The number of aliphatic hydroxyl groups excluding tert-OH is 1. The zero-order chi connectivity index (χ0) is 16.9. The summed E-state index contributed by atoms with van der Waals surface area (Å²) >= 11 is 0. The van der Waals surface area contributed by atoms with Crippen LogP contribution < -0.4 is 14.5 Å². The molecule has 0 aromatic heterocycles. The van der Waals surface area contributed by atoms with Gasteiger partial charge in [-0.05, 0) is 30.0 Å². The number of quaternary nitrogens is 2. The summed E-state index contributed by atoms with van der Waals surface area (Å²) in [7, 11) is 0. The lowest BCUT2D eigenvalue weighted by molar-refractivity contribution is -1.01. The predicted molar refractivity (Wildman–Crippen MR) is 93.4 cm³/mol. The smallest absolute Gasteiger partial charge is 0.137 e. The monoisotopic (exact) mass is 322 g/mol. The third kappa shape index (κ3) is 5.79. The van der Waals surface area contributed by atoms with Crippen molar-refractivity contribution in [1.82, 2.24) is 0 Å². The van der Waals surface area contributed by atoms with E-state index in [0.29, 0.717) is 6.61 Å². The van der Waals surface area contributed by atoms with Crippen LogP contribution in [0.25, 0.3) is 0 Å². The normalized spacial score (nSPS) is 23.5. The molecular weight excluding hydrogens is 288 g/mol. The molecule has 23 heavy (non-hydrogen) atoms. The van der Waals surface area contributed by atoms with E-state index >= 15 is 0 Å². The first kappa shape index (κ1) is 18.2. The van der Waals surface area contributed by atoms with Crippen molar-refractivity contribution in [2.75, 3.05) is 45.9 Å². The van der Waals surface area contributed by atoms with E-state index in [1.54, 1.807) is 4.90 Å². The quantitative estimate of drug-likeness (QED) is 0.662. The summed E-state index contributed by atoms with van der Waals surface area (Å²) in [4.78, 5) is 3.18. The van der Waals surface area contributed by atoms with E-state index in [1.165, 1.54) is 30.1 Å². The zero-order valence-electron chi connectivity index (χ0n) is 15.2. The molecule has 0 bridgehead atoms. The highest BCUT2D eigenvalue weighted by Crippen LogP contribution is 2.24. The number of hydrogen-bond acceptors (Lipinski definition) is 2. The minimum Gasteiger partial charge on any atom is -0.491 e. The van der Waals surface area contributed by atoms with Gasteiger partial charge < -0.3 is 19.6 Å². The maximum Gasteiger partial charge on any atom is 0.137 e. The number of ether oxygens (including phenoxy) is 1. The van der Waals surface area contributed by atoms with Gasteiger partial charge in [-0.3, -0.25) is 0 Å². The summed E-state index contributed by atoms with van der Waals surface area (Å²) in [6, 6.07) is 8.23. The average molecular weight is 322 g/mol. The van der Waals surface area contributed by atoms with Crippen LogP contribution in [0, 0.1) is 0 Å². The molecule has 1 aromatic carbocycles. The first-order valence-electron chi connectivity index (χ1n) is 8.97. The van der Waals surface area contributed by atoms with Gasteiger partial charge in [-0.25, -0.2) is 0 Å². The topological polar surface area (TPSA) is 38.3 Å². The Morgan fingerprint density at radius 1 is 1.04 bits per heavy atom. The second-order valence-corrected chi connectivity index (χ2v) is 7.80. The molecule has 1 fully saturated rings. The molecule has 1 aliphatic rings. The summed E-state index contributed by atoms with van der Waals surface area (Å²) in [5, 5.41) is 10.2. The van der Waals surface area contributed by atoms with E-state index in [4.69, 9.17) is 4.74 Å². The minimum absolute atomic E-state index is 0.157. The summed E-state index contributed by atoms with van der Waals surface area (Å²) in [5.41, 5.74) is 1.45. The lowest BCUT2D eigenvalue weighted by Gasteiger charge is -2.30. The number of benzene rings is 1. The second-order valence-electron chi connectivity index (χ2n) is 7.80. The lowest BCUT2D eigenvalue weighted by atomic mass is 9.87. The van der Waals surface area contributed by atoms with Gasteiger partial charge in [-0.1, -0.05) is 32.9 Å². The van der Waals surface area contributed by atoms with E-state index in [0.717, 1.165) is 25.4 Å². The van der Waals surface area contributed by atoms with Gasteiger partial charge in [-0.15, -0.1) is 0 Å². The van der Waals surface area contributed by atoms with Crippen LogP contribution in [0.5, 0.6) is 5.75 Å². The van der Waals surface area contributed by atoms with E-state index in [9.17, 15) is 5.11 Å². The van der Waals surface area contributed by atoms with Crippen molar-refractivity contribution >= 4 is 0 Å². The first-order chi connectivity index (χ1) is 10.9. The molecule has 0 spiro atoms. The van der Waals surface area contributed by atoms with Crippen LogP contribution in [-0.4, -0.2) is 57.1 Å². The molecule has 0 unspecified atom stereocenters. The van der Waals surface area contributed by atoms with Crippen molar-refractivity contribution in [3.63, 3.8) is 0 Å². The van der Waals surface area contributed by atoms with Crippen LogP contribution in [0.15, 0.2) is 24.3 Å². The molecule has 4 heteroatoms. The Hall–Kier alpha value is -1.10. The highest BCUT2D eigenvalue weighted by atomic mass is 16.5. The summed E-state index contributed by atoms with van der Waals surface area (Å²) in [6.07, 6.45) is -0.393. The zero-order valence-corrected chi connectivity index (χ0v) is 15.2. The van der Waals surface area contributed by atoms with Crippen molar-refractivity contribution in [3.8, 4) is 5.75 Å². The molecule has 1 atom stereocenters. The Labute approximate surface area is 141 Å². The molecule has 130 valence electrons. The molecule has 3 N–H and O–H groups in total. The summed E-state index contributed by atoms with van der Waals surface area (Å²) in [5.74, 6) is 0.840. The molecule has 1 aromatic rings. The maximum atomic E-state index is 10.2. The molecule has 0 amide bonds. The van der Waals surface area contributed by atoms with Gasteiger partial charge in [-0.2, -0.15) is 0 Å². The average Bonchev–Trinajstić information content (AvgIpc) is 2.53. The lowest BCUT2D eigenvalue weighted by Crippen LogP contribution is -3.28. The fraction of sp³-hybridized carbons (Fsp3) is 0.684. The van der Waals surface area contributed by atoms with Crippen LogP contribution in [0.3, 0.4) is 0 Å². The minimum atomic E-state index is -0.393. The fourth-order valence-corrected chi connectivity index (χ4v) is 3.15. The van der Waals surface area contributed by atoms with Crippen LogP contribution in [-0.2, 0) is 5.41 Å². The van der Waals surface area contributed by atoms with Crippen molar-refractivity contribution in [1.29, 1.82) is 0 Å². The highest BCUT2D eigenvalue weighted by Gasteiger charge is 2.24. The number of rotatable bonds is 6. The molecule has 1 aliphatic heterocycles. The predicted octanol–water partition coefficient (Wildman–Crippen LogP) is -0.473. The Kier molecular flexibility index (Phi) is 6.45. The van der Waals surface area contributed by atoms with E-state index in [-0.39, 0.29) is 5.41 Å². The van der Waals surface area contributed by atoms with Gasteiger partial charge in [0.25, 0.3) is 0 Å². The van der Waals surface area contributed by atoms with Crippen molar-refractivity contribution in [2.45, 2.75) is 39.2 Å². The molecule has 0 saturated carbocycles. The highest BCUT2D eigenvalue weighted by molar-refractivity contribution is 5.31. The molecule has 4 nitrogen and oxygen atoms in total. The molecular formula is C19H34N2O2+2. The Morgan fingerprint density at radius 2 is 1.61 bits per heavy atom. The number of nitrogens with one attached hydrogen (secondary N) is 2. The molecule has 0 aliphatic carbocycles. The van der Waals surface area contributed by atoms with Crippen molar-refractivity contribution < 1.29 is 19.6 Å². The van der Waals surface area contributed by atoms with Gasteiger partial charge in [0, 0.05) is 0 Å². The van der Waals surface area contributed by atoms with E-state index in [1.807, 2.05) is 12.1 Å². The maximum absolute atomic E-state index is 10.2. The van der Waals surface area contributed by atoms with Crippen LogP contribution >= 0.6 is 0 Å². The number of aliphatic hydroxyl groups is 1. The van der Waals surface area contributed by atoms with Crippen molar-refractivity contribution in [2.24, 2.45) is 0 Å². The van der Waals surface area contributed by atoms with E-state index < -0.39 is 6.10 Å². The fourth-order valence-electron chi connectivity index (χ4n) is 3.15. The molecule has 1 saturated heterocycles. The Bertz CT molecular complexity index is 459. The summed E-state index contributed by atoms with van der Waals surface area (Å²) < 4.78 is 5.75. The Morgan fingerprint density at radius 3 is 2.13 bits per heavy atom. The van der Waals surface area contributed by atoms with Gasteiger partial charge in [0.15, 0.2) is 0 Å². The van der Waals surface area contributed by atoms with Gasteiger partial charge in [0.1, 0.15) is 51.2 Å². The van der Waals surface area contributed by atoms with Crippen molar-refractivity contribution in [3.05, 3.63) is 29.8 Å². The third-order valence-corrected chi connectivity index (χ3v) is 4.85. The van der Waals surface area contributed by atoms with Gasteiger partial charge in [0.2, 0.25) is 0 Å². The van der Waals surface area contributed by atoms with Gasteiger partial charge >= 0.3 is 0 Å². The SMILES string of the molecule is CC[NH+]1CC[NH+](C[C@@H](O)COc2ccc(C(C)(C)C)cc2)CC1. The van der Waals surface area contributed by atoms with Crippen LogP contribution in [0.4, 0.5) is 0 Å². The number of piperazine rings is 1. The second kappa shape index (κ2) is 8.13. The third-order valence-electron chi connectivity index (χ3n) is 4.85. The van der Waals surface area contributed by atoms with E-state index in [2.05, 4.69) is 39.8 Å². The number of likely N-dealkylation sites (N-methyl/N-ethyl adjacent to an activating group) is 1. The largest absolute Gasteiger partial charge is 0.491 e. The standard InChI is InChI=1S/C19H32N2O2/c1-5-20-10-12-21(13-11-20)14-17(22)15-23-18-8-6-16(7-9-18)19(2,3)4/h6-9,17,22H,5,10-15H2,1-4H3/p+2/t17-/m1/s1. The number of hydrogen-bond donors (Lipinski definition) is 3. The molecule has 0 radical (unpaired) electrons. The molecule has 2 rings (SSSR count). The van der Waals surface area contributed by atoms with Gasteiger partial charge in [0.05, 0.1) is 6.54 Å². The Balaban J connectivity index is 1.73. The van der Waals surface area contributed by atoms with Crippen LogP contribution in [0.1, 0.15) is 33.3 Å².